The highest BCUT2D eigenvalue weighted by molar-refractivity contribution is 7.26. The fourth-order valence-electron chi connectivity index (χ4n) is 22.7. The molecule has 3 nitrogen and oxygen atoms in total. The highest BCUT2D eigenvalue weighted by Crippen LogP contribution is 2.50. The predicted octanol–water partition coefficient (Wildman–Crippen LogP) is 43.0. The number of hydrogen-bond acceptors (Lipinski definition) is 6. The van der Waals surface area contributed by atoms with E-state index < -0.39 is 0 Å². The van der Waals surface area contributed by atoms with Crippen LogP contribution in [0.15, 0.2) is 564 Å². The lowest BCUT2D eigenvalue weighted by atomic mass is 9.93. The van der Waals surface area contributed by atoms with Gasteiger partial charge in [0.25, 0.3) is 0 Å². The van der Waals surface area contributed by atoms with E-state index in [4.69, 9.17) is 0 Å². The molecular formula is C144H93N3S3. The molecule has 6 heteroatoms. The summed E-state index contributed by atoms with van der Waals surface area (Å²) in [6.45, 7) is 0. The van der Waals surface area contributed by atoms with Crippen LogP contribution in [0.2, 0.25) is 0 Å². The van der Waals surface area contributed by atoms with Crippen LogP contribution in [-0.2, 0) is 0 Å². The fraction of sp³-hybridized carbons (Fsp3) is 0. The molecule has 27 aromatic carbocycles. The molecule has 0 bridgehead atoms. The van der Waals surface area contributed by atoms with Gasteiger partial charge in [0.1, 0.15) is 0 Å². The number of nitrogens with zero attached hydrogens (tertiary/aromatic N) is 3. The normalized spacial score (nSPS) is 11.6. The van der Waals surface area contributed by atoms with Gasteiger partial charge in [-0.2, -0.15) is 0 Å². The van der Waals surface area contributed by atoms with E-state index in [1.807, 2.05) is 34.0 Å². The van der Waals surface area contributed by atoms with Crippen LogP contribution in [0.25, 0.3) is 224 Å². The van der Waals surface area contributed by atoms with Crippen LogP contribution in [0.1, 0.15) is 0 Å². The summed E-state index contributed by atoms with van der Waals surface area (Å²) in [5, 5.41) is 31.3. The predicted molar refractivity (Wildman–Crippen MR) is 652 cm³/mol. The first-order valence-corrected chi connectivity index (χ1v) is 53.7. The van der Waals surface area contributed by atoms with Gasteiger partial charge in [-0.1, -0.05) is 382 Å². The zero-order chi connectivity index (χ0) is 99.1. The summed E-state index contributed by atoms with van der Waals surface area (Å²) in [7, 11) is 0. The Labute approximate surface area is 881 Å². The molecule has 0 saturated heterocycles. The van der Waals surface area contributed by atoms with Gasteiger partial charge in [-0.15, -0.1) is 34.0 Å². The molecule has 0 radical (unpaired) electrons. The van der Waals surface area contributed by atoms with E-state index in [0.29, 0.717) is 0 Å². The Bertz CT molecular complexity index is 10500. The van der Waals surface area contributed by atoms with Crippen LogP contribution in [0.4, 0.5) is 51.2 Å². The third kappa shape index (κ3) is 16.5. The number of para-hydroxylation sites is 3. The summed E-state index contributed by atoms with van der Waals surface area (Å²) < 4.78 is 8.06. The first-order chi connectivity index (χ1) is 74.3. The summed E-state index contributed by atoms with van der Waals surface area (Å²) in [5.74, 6) is 0. The summed E-state index contributed by atoms with van der Waals surface area (Å²) in [4.78, 5) is 7.03. The minimum atomic E-state index is 1.12. The Morgan fingerprint density at radius 2 is 0.313 bits per heavy atom. The van der Waals surface area contributed by atoms with E-state index >= 15 is 0 Å². The first-order valence-electron chi connectivity index (χ1n) is 51.3. The number of fused-ring (bicyclic) bond motifs is 24. The van der Waals surface area contributed by atoms with Crippen molar-refractivity contribution in [3.63, 3.8) is 0 Å². The Morgan fingerprint density at radius 3 is 0.660 bits per heavy atom. The van der Waals surface area contributed by atoms with Gasteiger partial charge in [-0.05, 0) is 346 Å². The van der Waals surface area contributed by atoms with Crippen molar-refractivity contribution in [3.05, 3.63) is 564 Å². The van der Waals surface area contributed by atoms with E-state index in [2.05, 4.69) is 579 Å². The summed E-state index contributed by atoms with van der Waals surface area (Å²) in [6.07, 6.45) is 0. The van der Waals surface area contributed by atoms with Gasteiger partial charge in [-0.3, -0.25) is 0 Å². The molecule has 0 fully saturated rings. The molecule has 30 rings (SSSR count). The van der Waals surface area contributed by atoms with Crippen molar-refractivity contribution in [2.75, 3.05) is 14.7 Å². The molecule has 0 spiro atoms. The Kier molecular flexibility index (Phi) is 22.6. The molecule has 150 heavy (non-hydrogen) atoms. The molecule has 702 valence electrons. The maximum Gasteiger partial charge on any atom is 0.0467 e. The number of hydrogen-bond donors (Lipinski definition) is 0. The third-order valence-electron chi connectivity index (χ3n) is 30.0. The minimum absolute atomic E-state index is 1.12. The first kappa shape index (κ1) is 89.0. The molecule has 0 amide bonds. The van der Waals surface area contributed by atoms with E-state index in [9.17, 15) is 0 Å². The Morgan fingerprint density at radius 1 is 0.100 bits per heavy atom. The van der Waals surface area contributed by atoms with Crippen LogP contribution >= 0.6 is 34.0 Å². The number of rotatable bonds is 15. The van der Waals surface area contributed by atoms with Crippen molar-refractivity contribution in [2.24, 2.45) is 0 Å². The van der Waals surface area contributed by atoms with Gasteiger partial charge >= 0.3 is 0 Å². The number of thiophene rings is 3. The lowest BCUT2D eigenvalue weighted by Crippen LogP contribution is -2.10. The second-order valence-corrected chi connectivity index (χ2v) is 42.2. The van der Waals surface area contributed by atoms with E-state index in [0.717, 1.165) is 51.2 Å². The third-order valence-corrected chi connectivity index (χ3v) is 33.4. The van der Waals surface area contributed by atoms with Crippen molar-refractivity contribution in [2.45, 2.75) is 0 Å². The Hall–Kier alpha value is -18.7. The highest BCUT2D eigenvalue weighted by Gasteiger charge is 2.23. The zero-order valence-corrected chi connectivity index (χ0v) is 84.2. The van der Waals surface area contributed by atoms with Crippen molar-refractivity contribution in [1.29, 1.82) is 0 Å². The van der Waals surface area contributed by atoms with Crippen LogP contribution in [0, 0.1) is 0 Å². The van der Waals surface area contributed by atoms with Crippen molar-refractivity contribution in [1.82, 2.24) is 0 Å². The quantitative estimate of drug-likeness (QED) is 0.0947. The standard InChI is InChI=1S/3C48H31NS/c1-3-11-32(12-4-1)34-13-9-17-40(28-34)49(39-15-5-2-6-16-39)41-18-10-14-35(29-41)36-25-26-42-37(27-36)23-21-33-22-24-38-30-47-45(31-44(38)48(33)42)43-19-7-8-20-46(43)50-47;1-3-11-32(12-4-1)34-13-9-17-40(28-34)49(39-15-5-2-6-16-39)41-18-10-14-35(29-41)36-25-26-42-37(27-36)23-21-33-22-24-38-30-45-43-19-7-8-20-46(43)50-47(45)31-44(38)48(33)42;1-3-9-32(10-4-1)33-19-24-40(25-20-33)49(39-11-5-2-6-12-39)41-26-21-34(22-27-41)36-23-28-42-37(29-36)17-15-35-16-18-38-30-45-43-13-7-8-14-46(43)50-47(45)31-44(38)48(35)42/h3*1-31H. The highest BCUT2D eigenvalue weighted by atomic mass is 32.1. The lowest BCUT2D eigenvalue weighted by Gasteiger charge is -2.26. The van der Waals surface area contributed by atoms with Gasteiger partial charge in [0.05, 0.1) is 0 Å². The molecule has 0 aliphatic carbocycles. The Balaban J connectivity index is 0.000000108. The zero-order valence-electron chi connectivity index (χ0n) is 81.8. The smallest absolute Gasteiger partial charge is 0.0467 e. The molecule has 0 saturated carbocycles. The molecule has 0 aliphatic heterocycles. The van der Waals surface area contributed by atoms with Crippen molar-refractivity contribution < 1.29 is 0 Å². The second kappa shape index (κ2) is 38.1. The van der Waals surface area contributed by atoms with E-state index in [1.54, 1.807) is 0 Å². The van der Waals surface area contributed by atoms with Crippen molar-refractivity contribution >= 4 is 243 Å². The molecule has 0 aliphatic rings. The molecule has 3 heterocycles. The van der Waals surface area contributed by atoms with Crippen LogP contribution < -0.4 is 14.7 Å². The van der Waals surface area contributed by atoms with Gasteiger partial charge in [0.15, 0.2) is 0 Å². The number of benzene rings is 27. The minimum Gasteiger partial charge on any atom is -0.311 e. The molecule has 0 N–H and O–H groups in total. The molecule has 0 unspecified atom stereocenters. The second-order valence-electron chi connectivity index (χ2n) is 38.9. The van der Waals surface area contributed by atoms with Gasteiger partial charge in [0, 0.05) is 112 Å². The molecule has 3 aromatic heterocycles. The molecule has 30 aromatic rings. The van der Waals surface area contributed by atoms with Crippen LogP contribution in [0.3, 0.4) is 0 Å². The fourth-order valence-corrected chi connectivity index (χ4v) is 26.1. The van der Waals surface area contributed by atoms with Crippen LogP contribution in [-0.4, -0.2) is 0 Å². The van der Waals surface area contributed by atoms with Gasteiger partial charge in [0.2, 0.25) is 0 Å². The van der Waals surface area contributed by atoms with Crippen molar-refractivity contribution in [3.8, 4) is 66.8 Å². The summed E-state index contributed by atoms with van der Waals surface area (Å²) in [6, 6.07) is 206. The summed E-state index contributed by atoms with van der Waals surface area (Å²) >= 11 is 5.65. The largest absolute Gasteiger partial charge is 0.311 e. The average molecular weight is 1960 g/mol. The maximum atomic E-state index is 2.42. The lowest BCUT2D eigenvalue weighted by molar-refractivity contribution is 1.28. The SMILES string of the molecule is c1ccc(-c2ccc(N(c3ccccc3)c3ccc(-c4ccc5c(ccc6ccc7cc8c(cc7c65)sc5ccccc58)c4)cc3)cc2)cc1.c1ccc(-c2cccc(N(c3ccccc3)c3cccc(-c4ccc5c(ccc6ccc7cc8c(cc7c65)sc5ccccc58)c4)c3)c2)cc1.c1ccc(-c2cccc(N(c3ccccc3)c3cccc(-c4ccc5c(ccc6ccc7cc8sc9ccccc9c8cc7c65)c4)c3)c2)cc1. The van der Waals surface area contributed by atoms with E-state index in [1.165, 1.54) is 224 Å². The number of anilines is 9. The topological polar surface area (TPSA) is 9.72 Å². The molecular weight excluding hydrogens is 1870 g/mol. The van der Waals surface area contributed by atoms with Gasteiger partial charge < -0.3 is 14.7 Å². The monoisotopic (exact) mass is 1960 g/mol. The van der Waals surface area contributed by atoms with Gasteiger partial charge in [-0.25, -0.2) is 0 Å². The average Bonchev–Trinajstić information content (AvgIpc) is 1.47. The maximum absolute atomic E-state index is 2.42. The van der Waals surface area contributed by atoms with Crippen LogP contribution in [0.5, 0.6) is 0 Å². The summed E-state index contributed by atoms with van der Waals surface area (Å²) in [5.41, 5.74) is 24.6. The van der Waals surface area contributed by atoms with E-state index in [-0.39, 0.29) is 0 Å². The molecule has 0 atom stereocenters.